The van der Waals surface area contributed by atoms with Gasteiger partial charge in [-0.1, -0.05) is 12.1 Å². The van der Waals surface area contributed by atoms with Crippen LogP contribution in [-0.4, -0.2) is 50.8 Å². The first kappa shape index (κ1) is 13.4. The van der Waals surface area contributed by atoms with E-state index >= 15 is 0 Å². The van der Waals surface area contributed by atoms with Crippen LogP contribution in [0.4, 0.5) is 5.95 Å². The number of ether oxygens (including phenoxy) is 1. The highest BCUT2D eigenvalue weighted by Crippen LogP contribution is 2.19. The molecule has 1 fully saturated rings. The maximum absolute atomic E-state index is 6.08. The molecule has 1 aliphatic rings. The van der Waals surface area contributed by atoms with Crippen molar-refractivity contribution in [3.8, 4) is 5.95 Å². The largest absolute Gasteiger partial charge is 0.378 e. The van der Waals surface area contributed by atoms with Crippen molar-refractivity contribution in [1.29, 1.82) is 0 Å². The Labute approximate surface area is 131 Å². The topological polar surface area (TPSA) is 69.0 Å². The lowest BCUT2D eigenvalue weighted by Gasteiger charge is -2.26. The first-order valence-corrected chi connectivity index (χ1v) is 7.36. The zero-order valence-corrected chi connectivity index (χ0v) is 12.4. The standard InChI is InChI=1S/C14H13ClN6O/c15-12-17-13(20-5-7-22-8-6-20)19-14(18-12)21-9-16-10-3-1-2-4-11(10)21/h1-4,9H,5-8H2. The first-order valence-electron chi connectivity index (χ1n) is 6.98. The zero-order valence-electron chi connectivity index (χ0n) is 11.7. The van der Waals surface area contributed by atoms with Crippen molar-refractivity contribution >= 4 is 28.6 Å². The smallest absolute Gasteiger partial charge is 0.241 e. The molecule has 0 atom stereocenters. The first-order chi connectivity index (χ1) is 10.8. The molecule has 3 aromatic rings. The van der Waals surface area contributed by atoms with Crippen LogP contribution in [0.15, 0.2) is 30.6 Å². The molecule has 112 valence electrons. The van der Waals surface area contributed by atoms with Gasteiger partial charge in [0.05, 0.1) is 24.2 Å². The normalized spacial score (nSPS) is 15.4. The van der Waals surface area contributed by atoms with Crippen LogP contribution in [-0.2, 0) is 4.74 Å². The Morgan fingerprint density at radius 3 is 2.64 bits per heavy atom. The number of imidazole rings is 1. The van der Waals surface area contributed by atoms with Gasteiger partial charge < -0.3 is 9.64 Å². The average molecular weight is 317 g/mol. The predicted octanol–water partition coefficient (Wildman–Crippen LogP) is 1.70. The molecule has 22 heavy (non-hydrogen) atoms. The summed E-state index contributed by atoms with van der Waals surface area (Å²) in [6.45, 7) is 2.80. The highest BCUT2D eigenvalue weighted by atomic mass is 35.5. The number of hydrogen-bond acceptors (Lipinski definition) is 6. The van der Waals surface area contributed by atoms with Gasteiger partial charge in [-0.2, -0.15) is 15.0 Å². The molecule has 1 aromatic carbocycles. The van der Waals surface area contributed by atoms with E-state index in [0.717, 1.165) is 24.1 Å². The molecule has 0 saturated carbocycles. The van der Waals surface area contributed by atoms with Crippen molar-refractivity contribution in [3.63, 3.8) is 0 Å². The fourth-order valence-corrected chi connectivity index (χ4v) is 2.61. The second kappa shape index (κ2) is 5.51. The van der Waals surface area contributed by atoms with Crippen molar-refractivity contribution in [2.45, 2.75) is 0 Å². The van der Waals surface area contributed by atoms with E-state index in [4.69, 9.17) is 16.3 Å². The number of para-hydroxylation sites is 2. The number of aromatic nitrogens is 5. The van der Waals surface area contributed by atoms with Gasteiger partial charge in [0.1, 0.15) is 6.33 Å². The maximum Gasteiger partial charge on any atom is 0.241 e. The molecule has 8 heteroatoms. The zero-order chi connectivity index (χ0) is 14.9. The van der Waals surface area contributed by atoms with Gasteiger partial charge in [0.2, 0.25) is 17.2 Å². The lowest BCUT2D eigenvalue weighted by Crippen LogP contribution is -2.37. The molecule has 1 aliphatic heterocycles. The van der Waals surface area contributed by atoms with Crippen LogP contribution in [0.5, 0.6) is 0 Å². The van der Waals surface area contributed by atoms with E-state index in [1.807, 2.05) is 33.7 Å². The molecule has 0 bridgehead atoms. The molecule has 0 amide bonds. The molecular formula is C14H13ClN6O. The van der Waals surface area contributed by atoms with Crippen LogP contribution in [0, 0.1) is 0 Å². The summed E-state index contributed by atoms with van der Waals surface area (Å²) < 4.78 is 7.16. The van der Waals surface area contributed by atoms with Crippen molar-refractivity contribution < 1.29 is 4.74 Å². The van der Waals surface area contributed by atoms with Crippen LogP contribution < -0.4 is 4.90 Å². The molecule has 0 unspecified atom stereocenters. The Kier molecular flexibility index (Phi) is 3.36. The lowest BCUT2D eigenvalue weighted by molar-refractivity contribution is 0.122. The molecule has 0 N–H and O–H groups in total. The van der Waals surface area contributed by atoms with Gasteiger partial charge in [-0.3, -0.25) is 4.57 Å². The number of benzene rings is 1. The van der Waals surface area contributed by atoms with E-state index in [0.29, 0.717) is 25.1 Å². The third-order valence-corrected chi connectivity index (χ3v) is 3.72. The third-order valence-electron chi connectivity index (χ3n) is 3.55. The number of hydrogen-bond donors (Lipinski definition) is 0. The van der Waals surface area contributed by atoms with Crippen molar-refractivity contribution in [1.82, 2.24) is 24.5 Å². The van der Waals surface area contributed by atoms with Gasteiger partial charge in [0, 0.05) is 13.1 Å². The van der Waals surface area contributed by atoms with Gasteiger partial charge >= 0.3 is 0 Å². The Hall–Kier alpha value is -2.25. The van der Waals surface area contributed by atoms with Crippen LogP contribution in [0.3, 0.4) is 0 Å². The molecule has 3 heterocycles. The summed E-state index contributed by atoms with van der Waals surface area (Å²) >= 11 is 6.08. The van der Waals surface area contributed by atoms with Crippen LogP contribution in [0.1, 0.15) is 0 Å². The summed E-state index contributed by atoms with van der Waals surface area (Å²) in [6, 6.07) is 7.80. The molecule has 0 spiro atoms. The number of morpholine rings is 1. The minimum Gasteiger partial charge on any atom is -0.378 e. The van der Waals surface area contributed by atoms with Crippen LogP contribution >= 0.6 is 11.6 Å². The summed E-state index contributed by atoms with van der Waals surface area (Å²) in [5.74, 6) is 1.03. The molecule has 7 nitrogen and oxygen atoms in total. The molecule has 0 radical (unpaired) electrons. The highest BCUT2D eigenvalue weighted by Gasteiger charge is 2.17. The number of fused-ring (bicyclic) bond motifs is 1. The SMILES string of the molecule is Clc1nc(N2CCOCC2)nc(-n2cnc3ccccc32)n1. The van der Waals surface area contributed by atoms with Gasteiger partial charge in [-0.15, -0.1) is 0 Å². The summed E-state index contributed by atoms with van der Waals surface area (Å²) in [5.41, 5.74) is 1.81. The Bertz CT molecular complexity index is 814. The van der Waals surface area contributed by atoms with Crippen molar-refractivity contribution in [2.24, 2.45) is 0 Å². The number of nitrogens with zero attached hydrogens (tertiary/aromatic N) is 6. The van der Waals surface area contributed by atoms with E-state index in [1.54, 1.807) is 6.33 Å². The summed E-state index contributed by atoms with van der Waals surface area (Å²) in [7, 11) is 0. The summed E-state index contributed by atoms with van der Waals surface area (Å²) in [6.07, 6.45) is 1.69. The second-order valence-electron chi connectivity index (χ2n) is 4.91. The van der Waals surface area contributed by atoms with E-state index in [-0.39, 0.29) is 5.28 Å². The minimum atomic E-state index is 0.171. The van der Waals surface area contributed by atoms with E-state index in [1.165, 1.54) is 0 Å². The molecule has 2 aromatic heterocycles. The van der Waals surface area contributed by atoms with E-state index in [9.17, 15) is 0 Å². The molecular weight excluding hydrogens is 304 g/mol. The van der Waals surface area contributed by atoms with Gasteiger partial charge in [0.15, 0.2) is 0 Å². The Morgan fingerprint density at radius 2 is 1.77 bits per heavy atom. The number of halogens is 1. The molecule has 4 rings (SSSR count). The molecule has 0 aliphatic carbocycles. The van der Waals surface area contributed by atoms with E-state index < -0.39 is 0 Å². The van der Waals surface area contributed by atoms with Gasteiger partial charge in [-0.25, -0.2) is 4.98 Å². The van der Waals surface area contributed by atoms with Gasteiger partial charge in [0.25, 0.3) is 0 Å². The predicted molar refractivity (Wildman–Crippen MR) is 82.5 cm³/mol. The van der Waals surface area contributed by atoms with E-state index in [2.05, 4.69) is 19.9 Å². The average Bonchev–Trinajstić information content (AvgIpc) is 2.99. The van der Waals surface area contributed by atoms with Crippen LogP contribution in [0.25, 0.3) is 17.0 Å². The lowest BCUT2D eigenvalue weighted by atomic mass is 10.3. The van der Waals surface area contributed by atoms with Crippen molar-refractivity contribution in [3.05, 3.63) is 35.9 Å². The fraction of sp³-hybridized carbons (Fsp3) is 0.286. The second-order valence-corrected chi connectivity index (χ2v) is 5.25. The Morgan fingerprint density at radius 1 is 1.00 bits per heavy atom. The third kappa shape index (κ3) is 2.38. The monoisotopic (exact) mass is 316 g/mol. The minimum absolute atomic E-state index is 0.171. The summed E-state index contributed by atoms with van der Waals surface area (Å²) in [5, 5.41) is 0.171. The number of anilines is 1. The maximum atomic E-state index is 6.08. The Balaban J connectivity index is 1.80. The van der Waals surface area contributed by atoms with Crippen LogP contribution in [0.2, 0.25) is 5.28 Å². The van der Waals surface area contributed by atoms with Crippen molar-refractivity contribution in [2.75, 3.05) is 31.2 Å². The molecule has 1 saturated heterocycles. The number of rotatable bonds is 2. The van der Waals surface area contributed by atoms with Gasteiger partial charge in [-0.05, 0) is 23.7 Å². The quantitative estimate of drug-likeness (QED) is 0.717. The summed E-state index contributed by atoms with van der Waals surface area (Å²) in [4.78, 5) is 19.4. The fourth-order valence-electron chi connectivity index (χ4n) is 2.46. The highest BCUT2D eigenvalue weighted by molar-refractivity contribution is 6.28.